The van der Waals surface area contributed by atoms with Crippen molar-refractivity contribution in [2.75, 3.05) is 0 Å². The van der Waals surface area contributed by atoms with Crippen molar-refractivity contribution in [3.8, 4) is 11.1 Å². The van der Waals surface area contributed by atoms with Crippen LogP contribution in [0.25, 0.3) is 11.1 Å². The molecule has 21 heavy (non-hydrogen) atoms. The van der Waals surface area contributed by atoms with Crippen LogP contribution in [0.1, 0.15) is 43.6 Å². The molecule has 2 aromatic rings. The van der Waals surface area contributed by atoms with Crippen LogP contribution in [0.2, 0.25) is 0 Å². The number of pyridine rings is 1. The van der Waals surface area contributed by atoms with Crippen molar-refractivity contribution in [1.82, 2.24) is 4.98 Å². The first kappa shape index (κ1) is 14.0. The van der Waals surface area contributed by atoms with Gasteiger partial charge in [-0.3, -0.25) is 4.98 Å². The molecular formula is C19H21NO. The minimum absolute atomic E-state index is 0.0519. The van der Waals surface area contributed by atoms with Crippen LogP contribution in [-0.4, -0.2) is 11.3 Å². The summed E-state index contributed by atoms with van der Waals surface area (Å²) in [6.45, 7) is 0. The van der Waals surface area contributed by atoms with Gasteiger partial charge in [-0.1, -0.05) is 56.0 Å². The van der Waals surface area contributed by atoms with E-state index in [9.17, 15) is 4.79 Å². The summed E-state index contributed by atoms with van der Waals surface area (Å²) in [4.78, 5) is 15.6. The second kappa shape index (κ2) is 6.66. The van der Waals surface area contributed by atoms with Crippen molar-refractivity contribution >= 4 is 6.29 Å². The maximum atomic E-state index is 11.4. The lowest BCUT2D eigenvalue weighted by atomic mass is 9.88. The molecule has 1 aliphatic carbocycles. The van der Waals surface area contributed by atoms with Crippen LogP contribution in [-0.2, 0) is 4.79 Å². The zero-order valence-electron chi connectivity index (χ0n) is 12.2. The minimum Gasteiger partial charge on any atom is -0.303 e. The van der Waals surface area contributed by atoms with E-state index >= 15 is 0 Å². The van der Waals surface area contributed by atoms with Crippen molar-refractivity contribution in [2.24, 2.45) is 5.92 Å². The van der Waals surface area contributed by atoms with Crippen molar-refractivity contribution in [3.05, 3.63) is 54.4 Å². The summed E-state index contributed by atoms with van der Waals surface area (Å²) in [5, 5.41) is 0. The topological polar surface area (TPSA) is 30.0 Å². The molecule has 3 rings (SSSR count). The molecule has 1 unspecified atom stereocenters. The number of hydrogen-bond acceptors (Lipinski definition) is 2. The van der Waals surface area contributed by atoms with Crippen LogP contribution < -0.4 is 0 Å². The van der Waals surface area contributed by atoms with Gasteiger partial charge in [0, 0.05) is 18.3 Å². The molecule has 0 amide bonds. The SMILES string of the molecule is O=CC(CC1CCCC1)c1ccc(-c2cccnc2)cc1. The van der Waals surface area contributed by atoms with Crippen molar-refractivity contribution in [3.63, 3.8) is 0 Å². The Morgan fingerprint density at radius 2 is 1.86 bits per heavy atom. The maximum Gasteiger partial charge on any atom is 0.127 e. The van der Waals surface area contributed by atoms with Crippen LogP contribution in [0.4, 0.5) is 0 Å². The number of hydrogen-bond donors (Lipinski definition) is 0. The molecule has 1 atom stereocenters. The van der Waals surface area contributed by atoms with E-state index in [4.69, 9.17) is 0 Å². The molecule has 2 heteroatoms. The normalized spacial score (nSPS) is 16.8. The first-order valence-electron chi connectivity index (χ1n) is 7.82. The molecule has 0 spiro atoms. The third-order valence-corrected chi connectivity index (χ3v) is 4.56. The Morgan fingerprint density at radius 3 is 2.48 bits per heavy atom. The smallest absolute Gasteiger partial charge is 0.127 e. The second-order valence-corrected chi connectivity index (χ2v) is 5.99. The summed E-state index contributed by atoms with van der Waals surface area (Å²) >= 11 is 0. The highest BCUT2D eigenvalue weighted by atomic mass is 16.1. The van der Waals surface area contributed by atoms with E-state index in [0.717, 1.165) is 35.3 Å². The number of carbonyl (C=O) groups is 1. The molecule has 0 saturated heterocycles. The van der Waals surface area contributed by atoms with Crippen LogP contribution in [0, 0.1) is 5.92 Å². The molecule has 0 aliphatic heterocycles. The number of aromatic nitrogens is 1. The van der Waals surface area contributed by atoms with Crippen LogP contribution in [0.3, 0.4) is 0 Å². The molecule has 1 fully saturated rings. The predicted octanol–water partition coefficient (Wildman–Crippen LogP) is 4.61. The Hall–Kier alpha value is -1.96. The molecule has 1 heterocycles. The molecule has 1 saturated carbocycles. The molecule has 1 aliphatic rings. The van der Waals surface area contributed by atoms with Crippen LogP contribution in [0.15, 0.2) is 48.8 Å². The number of rotatable bonds is 5. The van der Waals surface area contributed by atoms with Crippen LogP contribution in [0.5, 0.6) is 0 Å². The van der Waals surface area contributed by atoms with Crippen molar-refractivity contribution in [1.29, 1.82) is 0 Å². The predicted molar refractivity (Wildman–Crippen MR) is 85.1 cm³/mol. The highest BCUT2D eigenvalue weighted by Crippen LogP contribution is 2.33. The van der Waals surface area contributed by atoms with E-state index in [1.165, 1.54) is 25.7 Å². The van der Waals surface area contributed by atoms with Gasteiger partial charge in [0.1, 0.15) is 6.29 Å². The summed E-state index contributed by atoms with van der Waals surface area (Å²) in [5.74, 6) is 0.786. The summed E-state index contributed by atoms with van der Waals surface area (Å²) < 4.78 is 0. The van der Waals surface area contributed by atoms with Gasteiger partial charge in [0.15, 0.2) is 0 Å². The Labute approximate surface area is 126 Å². The zero-order chi connectivity index (χ0) is 14.5. The maximum absolute atomic E-state index is 11.4. The van der Waals surface area contributed by atoms with E-state index in [2.05, 4.69) is 35.3 Å². The molecule has 108 valence electrons. The molecule has 0 N–H and O–H groups in total. The standard InChI is InChI=1S/C19H21NO/c21-14-19(12-15-4-1-2-5-15)17-9-7-16(8-10-17)18-6-3-11-20-13-18/h3,6-11,13-15,19H,1-2,4-5,12H2. The summed E-state index contributed by atoms with van der Waals surface area (Å²) in [5.41, 5.74) is 3.41. The van der Waals surface area contributed by atoms with Gasteiger partial charge < -0.3 is 4.79 Å². The fourth-order valence-electron chi connectivity index (χ4n) is 3.33. The largest absolute Gasteiger partial charge is 0.303 e. The van der Waals surface area contributed by atoms with Crippen molar-refractivity contribution in [2.45, 2.75) is 38.0 Å². The van der Waals surface area contributed by atoms with Gasteiger partial charge in [-0.15, -0.1) is 0 Å². The molecule has 1 aromatic heterocycles. The Bertz CT molecular complexity index is 570. The Kier molecular flexibility index (Phi) is 4.44. The number of benzene rings is 1. The van der Waals surface area contributed by atoms with Gasteiger partial charge >= 0.3 is 0 Å². The molecule has 0 bridgehead atoms. The van der Waals surface area contributed by atoms with Gasteiger partial charge in [0.25, 0.3) is 0 Å². The molecule has 0 radical (unpaired) electrons. The lowest BCUT2D eigenvalue weighted by Gasteiger charge is -2.16. The highest BCUT2D eigenvalue weighted by molar-refractivity contribution is 5.66. The van der Waals surface area contributed by atoms with Gasteiger partial charge in [0.05, 0.1) is 0 Å². The average molecular weight is 279 g/mol. The molecule has 1 aromatic carbocycles. The highest BCUT2D eigenvalue weighted by Gasteiger charge is 2.20. The van der Waals surface area contributed by atoms with E-state index in [1.54, 1.807) is 6.20 Å². The Morgan fingerprint density at radius 1 is 1.10 bits per heavy atom. The number of aldehydes is 1. The van der Waals surface area contributed by atoms with Crippen LogP contribution >= 0.6 is 0 Å². The van der Waals surface area contributed by atoms with E-state index < -0.39 is 0 Å². The minimum atomic E-state index is 0.0519. The van der Waals surface area contributed by atoms with Gasteiger partial charge in [-0.05, 0) is 35.1 Å². The van der Waals surface area contributed by atoms with Gasteiger partial charge in [-0.25, -0.2) is 0 Å². The summed E-state index contributed by atoms with van der Waals surface area (Å²) in [7, 11) is 0. The summed E-state index contributed by atoms with van der Waals surface area (Å²) in [6, 6.07) is 12.4. The number of carbonyl (C=O) groups excluding carboxylic acids is 1. The van der Waals surface area contributed by atoms with Gasteiger partial charge in [-0.2, -0.15) is 0 Å². The third-order valence-electron chi connectivity index (χ3n) is 4.56. The van der Waals surface area contributed by atoms with E-state index in [0.29, 0.717) is 0 Å². The quantitative estimate of drug-likeness (QED) is 0.748. The van der Waals surface area contributed by atoms with Crippen molar-refractivity contribution < 1.29 is 4.79 Å². The van der Waals surface area contributed by atoms with E-state index in [-0.39, 0.29) is 5.92 Å². The van der Waals surface area contributed by atoms with E-state index in [1.807, 2.05) is 12.3 Å². The zero-order valence-corrected chi connectivity index (χ0v) is 12.2. The fourth-order valence-corrected chi connectivity index (χ4v) is 3.33. The Balaban J connectivity index is 1.74. The first-order valence-corrected chi connectivity index (χ1v) is 7.82. The lowest BCUT2D eigenvalue weighted by Crippen LogP contribution is -2.06. The third kappa shape index (κ3) is 3.38. The average Bonchev–Trinajstić information content (AvgIpc) is 3.07. The molecular weight excluding hydrogens is 258 g/mol. The fraction of sp³-hybridized carbons (Fsp3) is 0.368. The molecule has 2 nitrogen and oxygen atoms in total. The monoisotopic (exact) mass is 279 g/mol. The lowest BCUT2D eigenvalue weighted by molar-refractivity contribution is -0.109. The number of nitrogens with zero attached hydrogens (tertiary/aromatic N) is 1. The van der Waals surface area contributed by atoms with Gasteiger partial charge in [0.2, 0.25) is 0 Å². The summed E-state index contributed by atoms with van der Waals surface area (Å²) in [6.07, 6.45) is 11.0. The second-order valence-electron chi connectivity index (χ2n) is 5.99. The first-order chi connectivity index (χ1) is 10.4.